The van der Waals surface area contributed by atoms with Crippen molar-refractivity contribution in [2.45, 2.75) is 51.2 Å². The van der Waals surface area contributed by atoms with E-state index >= 15 is 0 Å². The molecule has 2 heterocycles. The summed E-state index contributed by atoms with van der Waals surface area (Å²) in [5.41, 5.74) is 13.5. The van der Waals surface area contributed by atoms with Crippen LogP contribution in [0.4, 0.5) is 5.69 Å². The standard InChI is InChI=1S/C30H33N5O2/c1-3-35-26-7-5-4-6-25(26)32-27(35)17-10-19-8-12-21(13-9-19)31-30(36)29-24-15-11-20-18-22(37-2)14-16-23(20)28(24)33-34-29/h4-9,12-14,16,18,24,28-29,33-34H,3,10-11,15,17H2,1-2H3,(H,31,36). The van der Waals surface area contributed by atoms with E-state index in [1.54, 1.807) is 7.11 Å². The molecule has 1 aliphatic heterocycles. The Kier molecular flexibility index (Phi) is 6.40. The van der Waals surface area contributed by atoms with E-state index in [0.717, 1.165) is 55.0 Å². The molecule has 4 aromatic rings. The maximum Gasteiger partial charge on any atom is 0.243 e. The van der Waals surface area contributed by atoms with Gasteiger partial charge in [-0.15, -0.1) is 0 Å². The van der Waals surface area contributed by atoms with Gasteiger partial charge in [-0.25, -0.2) is 15.8 Å². The molecule has 2 aliphatic rings. The number of imidazole rings is 1. The van der Waals surface area contributed by atoms with Gasteiger partial charge < -0.3 is 14.6 Å². The Hall–Kier alpha value is -3.68. The molecule has 1 fully saturated rings. The zero-order chi connectivity index (χ0) is 25.4. The predicted octanol–water partition coefficient (Wildman–Crippen LogP) is 4.57. The number of hydrogen-bond donors (Lipinski definition) is 3. The number of hydrogen-bond acceptors (Lipinski definition) is 5. The highest BCUT2D eigenvalue weighted by atomic mass is 16.5. The summed E-state index contributed by atoms with van der Waals surface area (Å²) >= 11 is 0. The number of nitrogens with one attached hydrogen (secondary N) is 3. The van der Waals surface area contributed by atoms with Crippen LogP contribution in [0.1, 0.15) is 41.9 Å². The van der Waals surface area contributed by atoms with Gasteiger partial charge in [-0.05, 0) is 79.3 Å². The minimum Gasteiger partial charge on any atom is -0.497 e. The lowest BCUT2D eigenvalue weighted by Gasteiger charge is -2.29. The van der Waals surface area contributed by atoms with E-state index in [2.05, 4.69) is 70.1 Å². The van der Waals surface area contributed by atoms with Gasteiger partial charge in [-0.3, -0.25) is 4.79 Å². The number of anilines is 1. The molecule has 1 aromatic heterocycles. The molecule has 0 spiro atoms. The highest BCUT2D eigenvalue weighted by Gasteiger charge is 2.43. The molecule has 3 atom stereocenters. The lowest BCUT2D eigenvalue weighted by Crippen LogP contribution is -2.42. The van der Waals surface area contributed by atoms with Crippen molar-refractivity contribution >= 4 is 22.6 Å². The summed E-state index contributed by atoms with van der Waals surface area (Å²) < 4.78 is 7.67. The summed E-state index contributed by atoms with van der Waals surface area (Å²) in [6.07, 6.45) is 3.67. The largest absolute Gasteiger partial charge is 0.497 e. The van der Waals surface area contributed by atoms with Gasteiger partial charge in [-0.2, -0.15) is 0 Å². The van der Waals surface area contributed by atoms with Gasteiger partial charge >= 0.3 is 0 Å². The van der Waals surface area contributed by atoms with E-state index in [9.17, 15) is 4.79 Å². The Labute approximate surface area is 217 Å². The van der Waals surface area contributed by atoms with Crippen LogP contribution < -0.4 is 20.9 Å². The van der Waals surface area contributed by atoms with Crippen LogP contribution in [-0.2, 0) is 30.6 Å². The molecule has 1 amide bonds. The van der Waals surface area contributed by atoms with Crippen molar-refractivity contribution < 1.29 is 9.53 Å². The number of aromatic nitrogens is 2. The number of nitrogens with zero attached hydrogens (tertiary/aromatic N) is 2. The molecule has 7 nitrogen and oxygen atoms in total. The fourth-order valence-corrected chi connectivity index (χ4v) is 5.94. The average molecular weight is 496 g/mol. The van der Waals surface area contributed by atoms with Crippen LogP contribution in [-0.4, -0.2) is 28.6 Å². The molecule has 3 aromatic carbocycles. The SMILES string of the molecule is CCn1c(CCc2ccc(NC(=O)C3NNC4c5ccc(OC)cc5CCC34)cc2)nc2ccccc21. The summed E-state index contributed by atoms with van der Waals surface area (Å²) in [4.78, 5) is 18.0. The summed E-state index contributed by atoms with van der Waals surface area (Å²) in [6, 6.07) is 22.6. The van der Waals surface area contributed by atoms with Gasteiger partial charge in [0.2, 0.25) is 5.91 Å². The smallest absolute Gasteiger partial charge is 0.243 e. The number of carbonyl (C=O) groups excluding carboxylic acids is 1. The van der Waals surface area contributed by atoms with Crippen molar-refractivity contribution in [3.05, 3.63) is 89.2 Å². The normalized spacial score (nSPS) is 20.4. The van der Waals surface area contributed by atoms with Crippen molar-refractivity contribution in [2.24, 2.45) is 5.92 Å². The number of ether oxygens (including phenoxy) is 1. The number of fused-ring (bicyclic) bond motifs is 4. The van der Waals surface area contributed by atoms with Crippen LogP contribution in [0.2, 0.25) is 0 Å². The van der Waals surface area contributed by atoms with Crippen LogP contribution in [0.25, 0.3) is 11.0 Å². The molecule has 0 radical (unpaired) electrons. The van der Waals surface area contributed by atoms with E-state index in [-0.39, 0.29) is 23.9 Å². The molecule has 7 heteroatoms. The van der Waals surface area contributed by atoms with Crippen LogP contribution in [0.5, 0.6) is 5.75 Å². The van der Waals surface area contributed by atoms with Crippen molar-refractivity contribution in [2.75, 3.05) is 12.4 Å². The molecule has 1 saturated heterocycles. The first kappa shape index (κ1) is 23.7. The van der Waals surface area contributed by atoms with E-state index in [1.165, 1.54) is 22.2 Å². The van der Waals surface area contributed by atoms with Crippen molar-refractivity contribution in [1.29, 1.82) is 0 Å². The number of amides is 1. The average Bonchev–Trinajstić information content (AvgIpc) is 3.53. The Balaban J connectivity index is 1.08. The quantitative estimate of drug-likeness (QED) is 0.350. The Morgan fingerprint density at radius 1 is 1.08 bits per heavy atom. The number of rotatable bonds is 7. The van der Waals surface area contributed by atoms with E-state index in [0.29, 0.717) is 0 Å². The van der Waals surface area contributed by atoms with Crippen LogP contribution in [0, 0.1) is 5.92 Å². The number of hydrazine groups is 1. The first-order valence-corrected chi connectivity index (χ1v) is 13.2. The zero-order valence-corrected chi connectivity index (χ0v) is 21.3. The van der Waals surface area contributed by atoms with Crippen LogP contribution >= 0.6 is 0 Å². The molecule has 37 heavy (non-hydrogen) atoms. The number of benzene rings is 3. The Morgan fingerprint density at radius 3 is 2.73 bits per heavy atom. The first-order valence-electron chi connectivity index (χ1n) is 13.2. The molecule has 190 valence electrons. The van der Waals surface area contributed by atoms with Gasteiger partial charge in [-0.1, -0.05) is 30.3 Å². The molecule has 6 rings (SSSR count). The van der Waals surface area contributed by atoms with Crippen LogP contribution in [0.15, 0.2) is 66.7 Å². The Bertz CT molecular complexity index is 1430. The lowest BCUT2D eigenvalue weighted by molar-refractivity contribution is -0.118. The van der Waals surface area contributed by atoms with Crippen molar-refractivity contribution in [1.82, 2.24) is 20.4 Å². The fourth-order valence-electron chi connectivity index (χ4n) is 5.94. The lowest BCUT2D eigenvalue weighted by atomic mass is 9.77. The summed E-state index contributed by atoms with van der Waals surface area (Å²) in [5.74, 6) is 2.20. The minimum atomic E-state index is -0.276. The fraction of sp³-hybridized carbons (Fsp3) is 0.333. The minimum absolute atomic E-state index is 0.00127. The maximum atomic E-state index is 13.2. The molecular formula is C30H33N5O2. The molecule has 0 saturated carbocycles. The molecule has 0 bridgehead atoms. The predicted molar refractivity (Wildman–Crippen MR) is 145 cm³/mol. The van der Waals surface area contributed by atoms with E-state index < -0.39 is 0 Å². The maximum absolute atomic E-state index is 13.2. The topological polar surface area (TPSA) is 80.2 Å². The summed E-state index contributed by atoms with van der Waals surface area (Å²) in [5, 5.41) is 3.12. The van der Waals surface area contributed by atoms with Crippen molar-refractivity contribution in [3.8, 4) is 5.75 Å². The molecule has 3 N–H and O–H groups in total. The first-order chi connectivity index (χ1) is 18.1. The number of aryl methyl sites for hydroxylation is 4. The molecular weight excluding hydrogens is 462 g/mol. The van der Waals surface area contributed by atoms with Gasteiger partial charge in [0.25, 0.3) is 0 Å². The van der Waals surface area contributed by atoms with Gasteiger partial charge in [0.05, 0.1) is 24.2 Å². The second-order valence-electron chi connectivity index (χ2n) is 9.96. The van der Waals surface area contributed by atoms with E-state index in [1.807, 2.05) is 24.3 Å². The second-order valence-corrected chi connectivity index (χ2v) is 9.96. The van der Waals surface area contributed by atoms with Crippen molar-refractivity contribution in [3.63, 3.8) is 0 Å². The third-order valence-corrected chi connectivity index (χ3v) is 7.87. The number of carbonyl (C=O) groups is 1. The van der Waals surface area contributed by atoms with Gasteiger partial charge in [0.15, 0.2) is 0 Å². The number of methoxy groups -OCH3 is 1. The third kappa shape index (κ3) is 4.49. The molecule has 1 aliphatic carbocycles. The summed E-state index contributed by atoms with van der Waals surface area (Å²) in [7, 11) is 1.69. The highest BCUT2D eigenvalue weighted by molar-refractivity contribution is 5.95. The van der Waals surface area contributed by atoms with Gasteiger partial charge in [0.1, 0.15) is 17.6 Å². The highest BCUT2D eigenvalue weighted by Crippen LogP contribution is 2.40. The van der Waals surface area contributed by atoms with Crippen LogP contribution in [0.3, 0.4) is 0 Å². The second kappa shape index (κ2) is 10.00. The number of para-hydroxylation sites is 2. The van der Waals surface area contributed by atoms with Gasteiger partial charge in [0, 0.05) is 24.6 Å². The zero-order valence-electron chi connectivity index (χ0n) is 21.3. The summed E-state index contributed by atoms with van der Waals surface area (Å²) in [6.45, 7) is 3.07. The molecule has 3 unspecified atom stereocenters. The Morgan fingerprint density at radius 2 is 1.92 bits per heavy atom. The third-order valence-electron chi connectivity index (χ3n) is 7.87. The van der Waals surface area contributed by atoms with E-state index in [4.69, 9.17) is 9.72 Å². The monoisotopic (exact) mass is 495 g/mol.